The first-order valence-corrected chi connectivity index (χ1v) is 20.8. The van der Waals surface area contributed by atoms with Gasteiger partial charge < -0.3 is 13.3 Å². The van der Waals surface area contributed by atoms with Crippen LogP contribution < -0.4 is 0 Å². The first-order chi connectivity index (χ1) is 31.2. The smallest absolute Gasteiger partial charge is 0.164 e. The largest absolute Gasteiger partial charge is 0.456 e. The number of hydrogen-bond donors (Lipinski definition) is 0. The van der Waals surface area contributed by atoms with Crippen molar-refractivity contribution in [3.8, 4) is 67.5 Å². The third kappa shape index (κ3) is 5.75. The molecule has 5 aromatic heterocycles. The molecule has 0 saturated heterocycles. The molecule has 0 aliphatic heterocycles. The fraction of sp³-hybridized carbons (Fsp3) is 0. The van der Waals surface area contributed by atoms with Crippen LogP contribution in [0, 0.1) is 0 Å². The zero-order valence-electron chi connectivity index (χ0n) is 33.5. The van der Waals surface area contributed by atoms with Gasteiger partial charge in [0.05, 0.1) is 0 Å². The number of fused-ring (bicyclic) bond motifs is 9. The molecule has 0 saturated carbocycles. The molecule has 0 aliphatic rings. The zero-order valence-corrected chi connectivity index (χ0v) is 33.5. The lowest BCUT2D eigenvalue weighted by Gasteiger charge is -2.11. The Morgan fingerprint density at radius 1 is 0.302 bits per heavy atom. The van der Waals surface area contributed by atoms with Crippen LogP contribution in [0.25, 0.3) is 133 Å². The summed E-state index contributed by atoms with van der Waals surface area (Å²) in [4.78, 5) is 19.6. The van der Waals surface area contributed by atoms with Crippen LogP contribution >= 0.6 is 0 Å². The molecule has 8 aromatic carbocycles. The van der Waals surface area contributed by atoms with Crippen LogP contribution in [-0.4, -0.2) is 19.9 Å². The van der Waals surface area contributed by atoms with Gasteiger partial charge in [0.25, 0.3) is 0 Å². The van der Waals surface area contributed by atoms with Gasteiger partial charge in [0, 0.05) is 78.1 Å². The number of para-hydroxylation sites is 4. The predicted molar refractivity (Wildman–Crippen MR) is 252 cm³/mol. The molecule has 13 aromatic rings. The Morgan fingerprint density at radius 2 is 0.857 bits per heavy atom. The van der Waals surface area contributed by atoms with Crippen LogP contribution in [-0.2, 0) is 0 Å². The van der Waals surface area contributed by atoms with E-state index in [4.69, 9.17) is 28.2 Å². The second-order valence-corrected chi connectivity index (χ2v) is 15.8. The van der Waals surface area contributed by atoms with Crippen molar-refractivity contribution in [2.45, 2.75) is 0 Å². The maximum Gasteiger partial charge on any atom is 0.164 e. The van der Waals surface area contributed by atoms with E-state index in [0.717, 1.165) is 116 Å². The molecule has 0 atom stereocenters. The van der Waals surface area contributed by atoms with Gasteiger partial charge in [0.2, 0.25) is 0 Å². The van der Waals surface area contributed by atoms with Crippen molar-refractivity contribution in [2.75, 3.05) is 0 Å². The van der Waals surface area contributed by atoms with E-state index in [1.807, 2.05) is 79.0 Å². The molecule has 0 fully saturated rings. The molecule has 0 amide bonds. The van der Waals surface area contributed by atoms with Gasteiger partial charge in [0.1, 0.15) is 33.5 Å². The van der Waals surface area contributed by atoms with E-state index < -0.39 is 0 Å². The molecule has 13 rings (SSSR count). The van der Waals surface area contributed by atoms with Crippen molar-refractivity contribution < 1.29 is 13.3 Å². The van der Waals surface area contributed by atoms with Crippen LogP contribution in [0.3, 0.4) is 0 Å². The van der Waals surface area contributed by atoms with Crippen LogP contribution in [0.5, 0.6) is 0 Å². The van der Waals surface area contributed by atoms with E-state index in [1.54, 1.807) is 6.20 Å². The Kier molecular flexibility index (Phi) is 7.77. The molecule has 63 heavy (non-hydrogen) atoms. The second-order valence-electron chi connectivity index (χ2n) is 15.8. The van der Waals surface area contributed by atoms with E-state index in [9.17, 15) is 0 Å². The quantitative estimate of drug-likeness (QED) is 0.165. The summed E-state index contributed by atoms with van der Waals surface area (Å²) in [5.74, 6) is 1.67. The van der Waals surface area contributed by atoms with E-state index in [1.165, 1.54) is 0 Å². The molecule has 0 radical (unpaired) electrons. The van der Waals surface area contributed by atoms with E-state index in [0.29, 0.717) is 17.5 Å². The van der Waals surface area contributed by atoms with Crippen LogP contribution in [0.15, 0.2) is 208 Å². The van der Waals surface area contributed by atoms with Gasteiger partial charge in [0.15, 0.2) is 17.5 Å². The first-order valence-electron chi connectivity index (χ1n) is 20.8. The molecule has 0 unspecified atom stereocenters. The minimum Gasteiger partial charge on any atom is -0.456 e. The van der Waals surface area contributed by atoms with Crippen molar-refractivity contribution >= 4 is 65.8 Å². The zero-order chi connectivity index (χ0) is 41.4. The molecule has 0 spiro atoms. The molecule has 7 heteroatoms. The fourth-order valence-corrected chi connectivity index (χ4v) is 9.04. The van der Waals surface area contributed by atoms with Gasteiger partial charge in [-0.1, -0.05) is 133 Å². The number of furan rings is 3. The van der Waals surface area contributed by atoms with Crippen molar-refractivity contribution in [3.05, 3.63) is 194 Å². The molecule has 0 aliphatic carbocycles. The summed E-state index contributed by atoms with van der Waals surface area (Å²) in [6.45, 7) is 0. The summed E-state index contributed by atoms with van der Waals surface area (Å²) in [6, 6.07) is 62.0. The highest BCUT2D eigenvalue weighted by atomic mass is 16.3. The Labute approximate surface area is 359 Å². The van der Waals surface area contributed by atoms with Crippen LogP contribution in [0.1, 0.15) is 0 Å². The van der Waals surface area contributed by atoms with Crippen molar-refractivity contribution in [2.24, 2.45) is 0 Å². The molecule has 294 valence electrons. The van der Waals surface area contributed by atoms with Crippen molar-refractivity contribution in [1.29, 1.82) is 0 Å². The van der Waals surface area contributed by atoms with E-state index in [2.05, 4.69) is 114 Å². The summed E-state index contributed by atoms with van der Waals surface area (Å²) in [7, 11) is 0. The Bertz CT molecular complexity index is 3920. The lowest BCUT2D eigenvalue weighted by molar-refractivity contribution is 0.668. The Balaban J connectivity index is 0.943. The molecule has 0 N–H and O–H groups in total. The molecule has 7 nitrogen and oxygen atoms in total. The second kappa shape index (κ2) is 13.9. The average Bonchev–Trinajstić information content (AvgIpc) is 4.06. The molecule has 0 bridgehead atoms. The third-order valence-electron chi connectivity index (χ3n) is 12.1. The molecular formula is C56H32N4O3. The number of hydrogen-bond acceptors (Lipinski definition) is 7. The summed E-state index contributed by atoms with van der Waals surface area (Å²) < 4.78 is 19.5. The number of nitrogens with zero attached hydrogens (tertiary/aromatic N) is 4. The van der Waals surface area contributed by atoms with Gasteiger partial charge in [-0.3, -0.25) is 4.98 Å². The van der Waals surface area contributed by atoms with Crippen LogP contribution in [0.4, 0.5) is 0 Å². The lowest BCUT2D eigenvalue weighted by Crippen LogP contribution is -2.00. The van der Waals surface area contributed by atoms with Gasteiger partial charge in [-0.05, 0) is 65.2 Å². The van der Waals surface area contributed by atoms with E-state index >= 15 is 0 Å². The maximum absolute atomic E-state index is 6.73. The highest BCUT2D eigenvalue weighted by Gasteiger charge is 2.21. The van der Waals surface area contributed by atoms with Gasteiger partial charge >= 0.3 is 0 Å². The topological polar surface area (TPSA) is 91.0 Å². The summed E-state index contributed by atoms with van der Waals surface area (Å²) >= 11 is 0. The monoisotopic (exact) mass is 808 g/mol. The highest BCUT2D eigenvalue weighted by molar-refractivity contribution is 6.19. The summed E-state index contributed by atoms with van der Waals surface area (Å²) in [5, 5.41) is 6.39. The number of pyridine rings is 1. The van der Waals surface area contributed by atoms with Gasteiger partial charge in [-0.15, -0.1) is 0 Å². The molecular weight excluding hydrogens is 777 g/mol. The lowest BCUT2D eigenvalue weighted by atomic mass is 9.93. The highest BCUT2D eigenvalue weighted by Crippen LogP contribution is 2.45. The summed E-state index contributed by atoms with van der Waals surface area (Å²) in [6.07, 6.45) is 3.64. The van der Waals surface area contributed by atoms with Crippen molar-refractivity contribution in [1.82, 2.24) is 19.9 Å². The first kappa shape index (κ1) is 35.1. The standard InChI is InChI=1S/C56H32N4O3/c1-4-18-47-40(13-1)42-26-25-37(31-50(42)61-47)56-59-54(58-55(60-56)36-11-7-10-35(30-36)38-12-9-29-57-32-38)34-23-21-33(22-24-34)39-27-28-43(51-46-15-3-6-20-49(46)63-53(39)51)45-17-8-16-44-41-14-2-5-19-48(41)62-52(44)45/h1-32H. The number of rotatable bonds is 6. The van der Waals surface area contributed by atoms with Gasteiger partial charge in [-0.25, -0.2) is 15.0 Å². The fourth-order valence-electron chi connectivity index (χ4n) is 9.04. The Hall–Kier alpha value is -8.68. The predicted octanol–water partition coefficient (Wildman–Crippen LogP) is 15.0. The molecule has 5 heterocycles. The maximum atomic E-state index is 6.73. The minimum atomic E-state index is 0.548. The number of benzene rings is 8. The van der Waals surface area contributed by atoms with Crippen LogP contribution in [0.2, 0.25) is 0 Å². The Morgan fingerprint density at radius 3 is 1.63 bits per heavy atom. The summed E-state index contributed by atoms with van der Waals surface area (Å²) in [5.41, 5.74) is 13.6. The van der Waals surface area contributed by atoms with Gasteiger partial charge in [-0.2, -0.15) is 0 Å². The van der Waals surface area contributed by atoms with Crippen molar-refractivity contribution in [3.63, 3.8) is 0 Å². The average molecular weight is 809 g/mol. The number of aromatic nitrogens is 4. The normalized spacial score (nSPS) is 11.8. The van der Waals surface area contributed by atoms with E-state index in [-0.39, 0.29) is 0 Å². The third-order valence-corrected chi connectivity index (χ3v) is 12.1. The SMILES string of the molecule is c1cncc(-c2cccc(-c3nc(-c4ccc(-c5ccc(-c6cccc7c6oc6ccccc67)c6c5oc5ccccc56)cc4)nc(-c4ccc5c(c4)oc4ccccc45)n3)c2)c1. The minimum absolute atomic E-state index is 0.548.